The van der Waals surface area contributed by atoms with Gasteiger partial charge in [-0.25, -0.2) is 4.79 Å². The van der Waals surface area contributed by atoms with Crippen LogP contribution in [0.1, 0.15) is 17.3 Å². The third-order valence-corrected chi connectivity index (χ3v) is 5.20. The van der Waals surface area contributed by atoms with Crippen LogP contribution in [0.3, 0.4) is 0 Å². The molecule has 1 amide bonds. The Bertz CT molecular complexity index is 1010. The van der Waals surface area contributed by atoms with Gasteiger partial charge in [-0.05, 0) is 31.2 Å². The Morgan fingerprint density at radius 1 is 0.931 bits per heavy atom. The summed E-state index contributed by atoms with van der Waals surface area (Å²) >= 11 is 0. The number of aromatic nitrogens is 1. The monoisotopic (exact) mass is 389 g/mol. The fourth-order valence-electron chi connectivity index (χ4n) is 3.62. The molecule has 148 valence electrons. The number of anilines is 1. The number of pyridine rings is 1. The van der Waals surface area contributed by atoms with Crippen LogP contribution in [-0.2, 0) is 9.53 Å². The van der Waals surface area contributed by atoms with E-state index in [1.807, 2.05) is 36.4 Å². The number of carbonyl (C=O) groups excluding carboxylic acids is 2. The Balaban J connectivity index is 1.38. The number of esters is 1. The highest BCUT2D eigenvalue weighted by molar-refractivity contribution is 6.03. The van der Waals surface area contributed by atoms with Crippen molar-refractivity contribution in [3.63, 3.8) is 0 Å². The van der Waals surface area contributed by atoms with E-state index in [2.05, 4.69) is 22.0 Å². The van der Waals surface area contributed by atoms with E-state index in [9.17, 15) is 9.59 Å². The fourth-order valence-corrected chi connectivity index (χ4v) is 3.62. The lowest BCUT2D eigenvalue weighted by Gasteiger charge is -2.37. The molecule has 29 heavy (non-hydrogen) atoms. The molecule has 0 spiro atoms. The van der Waals surface area contributed by atoms with Crippen LogP contribution in [0, 0.1) is 0 Å². The first-order valence-electron chi connectivity index (χ1n) is 9.77. The van der Waals surface area contributed by atoms with Gasteiger partial charge in [-0.15, -0.1) is 0 Å². The van der Waals surface area contributed by atoms with Crippen molar-refractivity contribution in [2.45, 2.75) is 13.0 Å². The largest absolute Gasteiger partial charge is 0.449 e. The predicted octanol–water partition coefficient (Wildman–Crippen LogP) is 3.13. The second kappa shape index (κ2) is 8.31. The van der Waals surface area contributed by atoms with Gasteiger partial charge in [0, 0.05) is 43.4 Å². The third kappa shape index (κ3) is 4.06. The summed E-state index contributed by atoms with van der Waals surface area (Å²) in [5.74, 6) is -0.697. The van der Waals surface area contributed by atoms with E-state index in [1.165, 1.54) is 0 Å². The molecule has 0 unspecified atom stereocenters. The maximum atomic E-state index is 12.8. The van der Waals surface area contributed by atoms with Crippen molar-refractivity contribution in [2.24, 2.45) is 0 Å². The van der Waals surface area contributed by atoms with Crippen molar-refractivity contribution in [1.82, 2.24) is 9.88 Å². The Hall–Kier alpha value is -3.41. The zero-order valence-electron chi connectivity index (χ0n) is 16.3. The zero-order chi connectivity index (χ0) is 20.2. The molecule has 2 aromatic carbocycles. The Morgan fingerprint density at radius 3 is 2.41 bits per heavy atom. The summed E-state index contributed by atoms with van der Waals surface area (Å²) in [6.45, 7) is 4.34. The summed E-state index contributed by atoms with van der Waals surface area (Å²) in [5, 5.41) is 0.859. The first kappa shape index (κ1) is 18.9. The molecule has 0 saturated carbocycles. The van der Waals surface area contributed by atoms with Crippen LogP contribution in [0.5, 0.6) is 0 Å². The summed E-state index contributed by atoms with van der Waals surface area (Å²) in [7, 11) is 0. The molecular weight excluding hydrogens is 366 g/mol. The van der Waals surface area contributed by atoms with Gasteiger partial charge in [0.2, 0.25) is 0 Å². The molecule has 1 aliphatic heterocycles. The van der Waals surface area contributed by atoms with Crippen LogP contribution < -0.4 is 4.90 Å². The van der Waals surface area contributed by atoms with Gasteiger partial charge in [-0.1, -0.05) is 36.4 Å². The second-order valence-electron chi connectivity index (χ2n) is 7.08. The summed E-state index contributed by atoms with van der Waals surface area (Å²) in [6, 6.07) is 19.2. The van der Waals surface area contributed by atoms with Gasteiger partial charge in [0.25, 0.3) is 5.91 Å². The summed E-state index contributed by atoms with van der Waals surface area (Å²) in [4.78, 5) is 33.7. The topological polar surface area (TPSA) is 62.7 Å². The van der Waals surface area contributed by atoms with Gasteiger partial charge < -0.3 is 14.5 Å². The maximum absolute atomic E-state index is 12.8. The van der Waals surface area contributed by atoms with Gasteiger partial charge in [-0.2, -0.15) is 0 Å². The molecule has 0 aliphatic carbocycles. The van der Waals surface area contributed by atoms with Gasteiger partial charge >= 0.3 is 5.97 Å². The number of hydrogen-bond donors (Lipinski definition) is 0. The average molecular weight is 389 g/mol. The normalized spacial score (nSPS) is 15.2. The van der Waals surface area contributed by atoms with E-state index in [-0.39, 0.29) is 5.91 Å². The molecule has 6 heteroatoms. The lowest BCUT2D eigenvalue weighted by atomic mass is 10.1. The molecule has 1 atom stereocenters. The zero-order valence-corrected chi connectivity index (χ0v) is 16.3. The van der Waals surface area contributed by atoms with Gasteiger partial charge in [0.05, 0.1) is 11.1 Å². The first-order valence-corrected chi connectivity index (χ1v) is 9.77. The second-order valence-corrected chi connectivity index (χ2v) is 7.08. The standard InChI is InChI=1S/C23H23N3O3/c1-17(29-23(28)20-11-5-7-18-8-6-12-24-21(18)20)22(27)26-15-13-25(14-16-26)19-9-3-2-4-10-19/h2-12,17H,13-16H2,1H3/t17-/m1/s1. The predicted molar refractivity (Wildman–Crippen MR) is 112 cm³/mol. The minimum absolute atomic E-state index is 0.167. The SMILES string of the molecule is C[C@@H](OC(=O)c1cccc2cccnc12)C(=O)N1CCN(c2ccccc2)CC1. The molecule has 1 saturated heterocycles. The highest BCUT2D eigenvalue weighted by atomic mass is 16.5. The molecular formula is C23H23N3O3. The quantitative estimate of drug-likeness (QED) is 0.642. The first-order chi connectivity index (χ1) is 14.1. The smallest absolute Gasteiger partial charge is 0.341 e. The summed E-state index contributed by atoms with van der Waals surface area (Å²) < 4.78 is 5.49. The fraction of sp³-hybridized carbons (Fsp3) is 0.261. The van der Waals surface area contributed by atoms with Crippen molar-refractivity contribution >= 4 is 28.5 Å². The molecule has 1 aromatic heterocycles. The maximum Gasteiger partial charge on any atom is 0.341 e. The number of benzene rings is 2. The lowest BCUT2D eigenvalue weighted by Crippen LogP contribution is -2.51. The van der Waals surface area contributed by atoms with Crippen LogP contribution in [0.25, 0.3) is 10.9 Å². The van der Waals surface area contributed by atoms with E-state index in [1.54, 1.807) is 30.2 Å². The molecule has 0 radical (unpaired) electrons. The molecule has 6 nitrogen and oxygen atoms in total. The van der Waals surface area contributed by atoms with Crippen LogP contribution in [0.2, 0.25) is 0 Å². The number of carbonyl (C=O) groups is 2. The number of hydrogen-bond acceptors (Lipinski definition) is 5. The average Bonchev–Trinajstić information content (AvgIpc) is 2.78. The number of nitrogens with zero attached hydrogens (tertiary/aromatic N) is 3. The number of ether oxygens (including phenoxy) is 1. The highest BCUT2D eigenvalue weighted by Gasteiger charge is 2.28. The van der Waals surface area contributed by atoms with E-state index >= 15 is 0 Å². The molecule has 0 bridgehead atoms. The number of fused-ring (bicyclic) bond motifs is 1. The van der Waals surface area contributed by atoms with Gasteiger partial charge in [0.15, 0.2) is 6.10 Å². The molecule has 1 fully saturated rings. The summed E-state index contributed by atoms with van der Waals surface area (Å²) in [5.41, 5.74) is 2.11. The number of rotatable bonds is 4. The number of amides is 1. The molecule has 1 aliphatic rings. The molecule has 0 N–H and O–H groups in total. The van der Waals surface area contributed by atoms with Crippen molar-refractivity contribution in [1.29, 1.82) is 0 Å². The lowest BCUT2D eigenvalue weighted by molar-refractivity contribution is -0.140. The van der Waals surface area contributed by atoms with Crippen LogP contribution in [0.4, 0.5) is 5.69 Å². The van der Waals surface area contributed by atoms with Crippen molar-refractivity contribution in [2.75, 3.05) is 31.1 Å². The van der Waals surface area contributed by atoms with Gasteiger partial charge in [0.1, 0.15) is 0 Å². The Labute approximate surface area is 169 Å². The Morgan fingerprint density at radius 2 is 1.66 bits per heavy atom. The number of para-hydroxylation sites is 2. The Kier molecular flexibility index (Phi) is 5.42. The highest BCUT2D eigenvalue weighted by Crippen LogP contribution is 2.19. The van der Waals surface area contributed by atoms with Crippen molar-refractivity contribution in [3.8, 4) is 0 Å². The van der Waals surface area contributed by atoms with Crippen LogP contribution >= 0.6 is 0 Å². The van der Waals surface area contributed by atoms with Crippen LogP contribution in [0.15, 0.2) is 66.9 Å². The summed E-state index contributed by atoms with van der Waals surface area (Å²) in [6.07, 6.45) is 0.796. The van der Waals surface area contributed by atoms with Crippen molar-refractivity contribution in [3.05, 3.63) is 72.4 Å². The molecule has 3 aromatic rings. The molecule has 4 rings (SSSR count). The third-order valence-electron chi connectivity index (χ3n) is 5.20. The molecule has 2 heterocycles. The number of piperazine rings is 1. The minimum atomic E-state index is -0.843. The van der Waals surface area contributed by atoms with E-state index in [0.29, 0.717) is 24.2 Å². The van der Waals surface area contributed by atoms with E-state index < -0.39 is 12.1 Å². The van der Waals surface area contributed by atoms with Gasteiger partial charge in [-0.3, -0.25) is 9.78 Å². The van der Waals surface area contributed by atoms with E-state index in [4.69, 9.17) is 4.74 Å². The van der Waals surface area contributed by atoms with E-state index in [0.717, 1.165) is 24.2 Å². The van der Waals surface area contributed by atoms with Crippen molar-refractivity contribution < 1.29 is 14.3 Å². The minimum Gasteiger partial charge on any atom is -0.449 e. The van der Waals surface area contributed by atoms with Crippen LogP contribution in [-0.4, -0.2) is 54.0 Å².